The van der Waals surface area contributed by atoms with Crippen molar-refractivity contribution in [1.82, 2.24) is 20.0 Å². The lowest BCUT2D eigenvalue weighted by Gasteiger charge is -2.37. The van der Waals surface area contributed by atoms with Crippen molar-refractivity contribution in [2.24, 2.45) is 42.1 Å². The number of halogens is 2. The largest absolute Gasteiger partial charge is 0.570 e. The third-order valence-electron chi connectivity index (χ3n) is 5.45. The van der Waals surface area contributed by atoms with E-state index in [9.17, 15) is 0 Å². The topological polar surface area (TPSA) is 99.3 Å². The zero-order valence-electron chi connectivity index (χ0n) is 32.4. The maximum Gasteiger partial charge on any atom is 0.570 e. The molecule has 0 spiro atoms. The second kappa shape index (κ2) is 16.5. The van der Waals surface area contributed by atoms with Crippen molar-refractivity contribution in [2.75, 3.05) is 56.4 Å². The number of rotatable bonds is 11. The summed E-state index contributed by atoms with van der Waals surface area (Å²) in [6.07, 6.45) is 0. The highest BCUT2D eigenvalue weighted by Gasteiger charge is 2.54. The molecule has 270 valence electrons. The molecule has 46 heavy (non-hydrogen) atoms. The van der Waals surface area contributed by atoms with Crippen LogP contribution in [0.25, 0.3) is 0 Å². The summed E-state index contributed by atoms with van der Waals surface area (Å²) < 4.78 is 26.6. The van der Waals surface area contributed by atoms with E-state index < -0.39 is 37.4 Å². The van der Waals surface area contributed by atoms with E-state index in [0.717, 1.165) is 0 Å². The van der Waals surface area contributed by atoms with E-state index in [1.165, 1.54) is 0 Å². The lowest BCUT2D eigenvalue weighted by atomic mass is 9.97. The van der Waals surface area contributed by atoms with Gasteiger partial charge >= 0.3 is 15.7 Å². The van der Waals surface area contributed by atoms with Crippen LogP contribution in [-0.2, 0) is 17.7 Å². The molecule has 0 bridgehead atoms. The minimum absolute atomic E-state index is 0.175. The molecule has 0 aliphatic rings. The number of hydrazone groups is 4. The van der Waals surface area contributed by atoms with Crippen LogP contribution in [0.3, 0.4) is 0 Å². The van der Waals surface area contributed by atoms with Crippen LogP contribution in [0.15, 0.2) is 20.4 Å². The molecule has 0 radical (unpaired) electrons. The Labute approximate surface area is 292 Å². The third-order valence-corrected chi connectivity index (χ3v) is 11.7. The van der Waals surface area contributed by atoms with Crippen LogP contribution in [0.1, 0.15) is 83.1 Å². The van der Waals surface area contributed by atoms with Gasteiger partial charge in [-0.25, -0.2) is 0 Å². The smallest absolute Gasteiger partial charge is 0.488 e. The van der Waals surface area contributed by atoms with E-state index in [-0.39, 0.29) is 12.1 Å². The van der Waals surface area contributed by atoms with Crippen molar-refractivity contribution in [3.8, 4) is 0 Å². The molecular weight excluding hydrogens is 663 g/mol. The summed E-state index contributed by atoms with van der Waals surface area (Å²) in [4.78, 5) is 0. The van der Waals surface area contributed by atoms with Crippen molar-refractivity contribution < 1.29 is 17.7 Å². The minimum Gasteiger partial charge on any atom is -0.488 e. The average molecular weight is 728 g/mol. The van der Waals surface area contributed by atoms with Gasteiger partial charge in [0.15, 0.2) is 0 Å². The summed E-state index contributed by atoms with van der Waals surface area (Å²) in [5.74, 6) is 1.70. The molecule has 0 heterocycles. The van der Waals surface area contributed by atoms with Crippen molar-refractivity contribution in [1.29, 1.82) is 0 Å². The van der Waals surface area contributed by atoms with E-state index in [1.54, 1.807) is 20.0 Å². The van der Waals surface area contributed by atoms with E-state index in [1.807, 2.05) is 139 Å². The predicted octanol–water partition coefficient (Wildman–Crippen LogP) is 7.09. The zero-order chi connectivity index (χ0) is 36.7. The van der Waals surface area contributed by atoms with E-state index in [0.29, 0.717) is 23.6 Å². The fraction of sp³-hybridized carbons (Fsp3) is 0.867. The van der Waals surface area contributed by atoms with Gasteiger partial charge in [0, 0.05) is 90.1 Å². The molecule has 0 aromatic rings. The van der Waals surface area contributed by atoms with E-state index >= 15 is 0 Å². The molecule has 0 amide bonds. The first-order chi connectivity index (χ1) is 20.3. The monoisotopic (exact) mass is 726 g/mol. The number of hydrogen-bond donors (Lipinski definition) is 0. The van der Waals surface area contributed by atoms with Crippen LogP contribution >= 0.6 is 22.2 Å². The fourth-order valence-electron chi connectivity index (χ4n) is 3.14. The molecule has 12 nitrogen and oxygen atoms in total. The maximum absolute atomic E-state index is 7.51. The normalized spacial score (nSPS) is 15.0. The van der Waals surface area contributed by atoms with E-state index in [4.69, 9.17) is 39.9 Å². The maximum atomic E-state index is 7.51. The molecule has 0 fully saturated rings. The summed E-state index contributed by atoms with van der Waals surface area (Å²) in [5.41, 5.74) is -1.95. The second-order valence-corrected chi connectivity index (χ2v) is 24.1. The molecule has 0 atom stereocenters. The van der Waals surface area contributed by atoms with Crippen molar-refractivity contribution in [3.63, 3.8) is 0 Å². The Morgan fingerprint density at radius 2 is 0.565 bits per heavy atom. The Kier molecular flexibility index (Phi) is 15.8. The van der Waals surface area contributed by atoms with Crippen LogP contribution in [-0.4, -0.2) is 116 Å². The molecule has 0 saturated heterocycles. The molecule has 0 aromatic heterocycles. The molecule has 0 rings (SSSR count). The van der Waals surface area contributed by atoms with Gasteiger partial charge in [-0.05, 0) is 0 Å². The van der Waals surface area contributed by atoms with Crippen LogP contribution in [0, 0.1) is 21.7 Å². The highest BCUT2D eigenvalue weighted by Crippen LogP contribution is 2.37. The Bertz CT molecular complexity index is 940. The molecular formula is C30H64Cl2N8O4Si2. The van der Waals surface area contributed by atoms with Crippen LogP contribution in [0.4, 0.5) is 0 Å². The first-order valence-electron chi connectivity index (χ1n) is 15.5. The van der Waals surface area contributed by atoms with Gasteiger partial charge < -0.3 is 17.7 Å². The van der Waals surface area contributed by atoms with Gasteiger partial charge in [0.1, 0.15) is 0 Å². The average Bonchev–Trinajstić information content (AvgIpc) is 2.78. The fourth-order valence-corrected chi connectivity index (χ4v) is 11.1. The quantitative estimate of drug-likeness (QED) is 0.0732. The standard InChI is InChI=1S/C30H64Cl2N8O4Si2/c1-27(2,3)23(33-37(13)14)41-45(31,42-24(28(4,5)6)34-38(15)16)21-22-46(32,43-25(29(7,8)9)35-39(17)18)44-26(30(10,11)12)36-40(19)20/h21-22H2,1-20H3/b33-23+,34-24+,35-25+,36-26+. The Morgan fingerprint density at radius 1 is 0.413 bits per heavy atom. The van der Waals surface area contributed by atoms with Gasteiger partial charge in [0.2, 0.25) is 23.6 Å². The predicted molar refractivity (Wildman–Crippen MR) is 199 cm³/mol. The van der Waals surface area contributed by atoms with Gasteiger partial charge in [-0.2, -0.15) is 0 Å². The second-order valence-electron chi connectivity index (χ2n) is 16.2. The van der Waals surface area contributed by atoms with Crippen molar-refractivity contribution >= 4 is 61.5 Å². The van der Waals surface area contributed by atoms with Gasteiger partial charge in [-0.3, -0.25) is 20.0 Å². The molecule has 0 unspecified atom stereocenters. The van der Waals surface area contributed by atoms with Gasteiger partial charge in [0.05, 0.1) is 0 Å². The van der Waals surface area contributed by atoms with E-state index in [2.05, 4.69) is 20.4 Å². The van der Waals surface area contributed by atoms with Crippen LogP contribution in [0.5, 0.6) is 0 Å². The summed E-state index contributed by atoms with van der Waals surface area (Å²) in [5, 5.41) is 25.3. The van der Waals surface area contributed by atoms with Crippen LogP contribution in [0.2, 0.25) is 12.1 Å². The Morgan fingerprint density at radius 3 is 0.674 bits per heavy atom. The van der Waals surface area contributed by atoms with Gasteiger partial charge in [-0.15, -0.1) is 20.4 Å². The SMILES string of the molecule is CN(C)/N=C(/O[Si](Cl)(CC[Si](Cl)(O/C(=N/N(C)C)C(C)(C)C)O/C(=N/N(C)C)C(C)(C)C)O/C(=N/N(C)C)C(C)(C)C)C(C)(C)C. The number of nitrogens with zero attached hydrogens (tertiary/aromatic N) is 8. The molecule has 0 aliphatic heterocycles. The summed E-state index contributed by atoms with van der Waals surface area (Å²) in [7, 11) is 7.14. The first kappa shape index (κ1) is 44.1. The lowest BCUT2D eigenvalue weighted by molar-refractivity contribution is 0.291. The van der Waals surface area contributed by atoms with Gasteiger partial charge in [-0.1, -0.05) is 105 Å². The third kappa shape index (κ3) is 16.8. The minimum atomic E-state index is -3.75. The van der Waals surface area contributed by atoms with Crippen molar-refractivity contribution in [3.05, 3.63) is 0 Å². The highest BCUT2D eigenvalue weighted by atomic mass is 35.6. The zero-order valence-corrected chi connectivity index (χ0v) is 35.9. The molecule has 0 N–H and O–H groups in total. The van der Waals surface area contributed by atoms with Gasteiger partial charge in [0.25, 0.3) is 0 Å². The van der Waals surface area contributed by atoms with Crippen LogP contribution < -0.4 is 0 Å². The molecule has 16 heteroatoms. The molecule has 0 aromatic carbocycles. The summed E-state index contributed by atoms with van der Waals surface area (Å²) in [6.45, 7) is 24.1. The lowest BCUT2D eigenvalue weighted by Crippen LogP contribution is -2.50. The molecule has 0 saturated carbocycles. The molecule has 0 aliphatic carbocycles. The summed E-state index contributed by atoms with van der Waals surface area (Å²) >= 11 is 15.0. The number of hydrogen-bond acceptors (Lipinski definition) is 12. The first-order valence-corrected chi connectivity index (χ1v) is 21.6. The highest BCUT2D eigenvalue weighted by molar-refractivity contribution is 7.17. The Hall–Kier alpha value is -1.91. The summed E-state index contributed by atoms with van der Waals surface area (Å²) in [6, 6.07) is 0.349. The van der Waals surface area contributed by atoms with Crippen molar-refractivity contribution in [2.45, 2.75) is 95.2 Å². The Balaban J connectivity index is 7.36.